The van der Waals surface area contributed by atoms with Gasteiger partial charge >= 0.3 is 17.9 Å². The Morgan fingerprint density at radius 3 is 0.859 bits per heavy atom. The molecule has 1 unspecified atom stereocenters. The zero-order valence-corrected chi connectivity index (χ0v) is 45.9. The van der Waals surface area contributed by atoms with E-state index in [9.17, 15) is 14.4 Å². The molecule has 6 nitrogen and oxygen atoms in total. The van der Waals surface area contributed by atoms with Crippen LogP contribution in [0.1, 0.15) is 252 Å². The molecule has 0 aromatic rings. The van der Waals surface area contributed by atoms with Crippen molar-refractivity contribution >= 4 is 17.9 Å². The highest BCUT2D eigenvalue weighted by atomic mass is 16.6. The van der Waals surface area contributed by atoms with E-state index in [4.69, 9.17) is 14.2 Å². The van der Waals surface area contributed by atoms with Crippen molar-refractivity contribution in [2.75, 3.05) is 13.2 Å². The summed E-state index contributed by atoms with van der Waals surface area (Å²) in [6.07, 6.45) is 80.5. The van der Waals surface area contributed by atoms with Gasteiger partial charge in [0.25, 0.3) is 0 Å². The van der Waals surface area contributed by atoms with Gasteiger partial charge in [0.2, 0.25) is 0 Å². The zero-order valence-electron chi connectivity index (χ0n) is 45.9. The third-order valence-corrected chi connectivity index (χ3v) is 11.9. The van der Waals surface area contributed by atoms with Crippen LogP contribution in [0.4, 0.5) is 0 Å². The lowest BCUT2D eigenvalue weighted by Gasteiger charge is -2.18. The van der Waals surface area contributed by atoms with Gasteiger partial charge in [0.1, 0.15) is 13.2 Å². The summed E-state index contributed by atoms with van der Waals surface area (Å²) in [6.45, 7) is 6.31. The van der Waals surface area contributed by atoms with Crippen LogP contribution in [-0.2, 0) is 28.6 Å². The largest absolute Gasteiger partial charge is 0.462 e. The minimum absolute atomic E-state index is 0.0976. The predicted octanol–water partition coefficient (Wildman–Crippen LogP) is 19.6. The molecule has 0 aliphatic heterocycles. The highest BCUT2D eigenvalue weighted by molar-refractivity contribution is 5.71. The van der Waals surface area contributed by atoms with Crippen LogP contribution in [0, 0.1) is 0 Å². The molecule has 71 heavy (non-hydrogen) atoms. The summed E-state index contributed by atoms with van der Waals surface area (Å²) in [5.41, 5.74) is 0. The SMILES string of the molecule is CC/C=C\C/C=C\C/C=C\C/C=C\CCCCCCCCCCCCC(=O)OCC(COC(=O)CCCCCCC/C=C\C/C=C\CCC)OC(=O)CCCCCC/C=C\C/C=C\C/C=C\C/C=C\CC. The molecule has 0 saturated carbocycles. The second-order valence-electron chi connectivity index (χ2n) is 18.8. The Morgan fingerprint density at radius 2 is 0.549 bits per heavy atom. The molecule has 402 valence electrons. The van der Waals surface area contributed by atoms with Crippen LogP contribution < -0.4 is 0 Å². The smallest absolute Gasteiger partial charge is 0.306 e. The van der Waals surface area contributed by atoms with Crippen LogP contribution in [-0.4, -0.2) is 37.2 Å². The fourth-order valence-electron chi connectivity index (χ4n) is 7.64. The average molecular weight is 984 g/mol. The number of carbonyl (C=O) groups is 3. The maximum atomic E-state index is 12.9. The lowest BCUT2D eigenvalue weighted by atomic mass is 10.1. The number of carbonyl (C=O) groups excluding carboxylic acids is 3. The van der Waals surface area contributed by atoms with Crippen molar-refractivity contribution in [3.8, 4) is 0 Å². The highest BCUT2D eigenvalue weighted by Gasteiger charge is 2.19. The average Bonchev–Trinajstić information content (AvgIpc) is 3.37. The number of allylic oxidation sites excluding steroid dienone is 20. The van der Waals surface area contributed by atoms with Gasteiger partial charge in [-0.25, -0.2) is 0 Å². The van der Waals surface area contributed by atoms with E-state index in [1.54, 1.807) is 0 Å². The van der Waals surface area contributed by atoms with Gasteiger partial charge in [-0.3, -0.25) is 14.4 Å². The van der Waals surface area contributed by atoms with Gasteiger partial charge < -0.3 is 14.2 Å². The van der Waals surface area contributed by atoms with Crippen molar-refractivity contribution in [3.05, 3.63) is 122 Å². The van der Waals surface area contributed by atoms with Crippen LogP contribution in [0.15, 0.2) is 122 Å². The molecular formula is C65H106O6. The molecule has 6 heteroatoms. The second kappa shape index (κ2) is 58.4. The number of esters is 3. The van der Waals surface area contributed by atoms with Gasteiger partial charge in [0.05, 0.1) is 0 Å². The van der Waals surface area contributed by atoms with E-state index in [1.807, 2.05) is 0 Å². The van der Waals surface area contributed by atoms with E-state index in [1.165, 1.54) is 57.8 Å². The third-order valence-electron chi connectivity index (χ3n) is 11.9. The third kappa shape index (κ3) is 56.6. The summed E-state index contributed by atoms with van der Waals surface area (Å²) < 4.78 is 16.8. The quantitative estimate of drug-likeness (QED) is 0.0261. The minimum atomic E-state index is -0.802. The Labute approximate surface area is 437 Å². The Hall–Kier alpha value is -4.19. The Bertz CT molecular complexity index is 1500. The van der Waals surface area contributed by atoms with Crippen LogP contribution in [0.3, 0.4) is 0 Å². The van der Waals surface area contributed by atoms with Crippen molar-refractivity contribution in [1.29, 1.82) is 0 Å². The van der Waals surface area contributed by atoms with Gasteiger partial charge in [-0.15, -0.1) is 0 Å². The number of rotatable bonds is 51. The molecule has 0 aromatic heterocycles. The molecular weight excluding hydrogens is 877 g/mol. The first-order valence-corrected chi connectivity index (χ1v) is 29.0. The summed E-state index contributed by atoms with van der Waals surface area (Å²) in [6, 6.07) is 0. The van der Waals surface area contributed by atoms with E-state index < -0.39 is 6.10 Å². The normalized spacial score (nSPS) is 13.0. The first kappa shape index (κ1) is 66.8. The van der Waals surface area contributed by atoms with Crippen molar-refractivity contribution in [2.24, 2.45) is 0 Å². The molecule has 0 amide bonds. The summed E-state index contributed by atoms with van der Waals surface area (Å²) in [4.78, 5) is 38.2. The van der Waals surface area contributed by atoms with Gasteiger partial charge in [0, 0.05) is 19.3 Å². The van der Waals surface area contributed by atoms with Crippen LogP contribution in [0.5, 0.6) is 0 Å². The molecule has 0 aromatic carbocycles. The maximum Gasteiger partial charge on any atom is 0.306 e. The van der Waals surface area contributed by atoms with Crippen molar-refractivity contribution in [2.45, 2.75) is 258 Å². The number of ether oxygens (including phenoxy) is 3. The molecule has 0 N–H and O–H groups in total. The number of unbranched alkanes of at least 4 members (excludes halogenated alkanes) is 20. The van der Waals surface area contributed by atoms with Crippen molar-refractivity contribution in [1.82, 2.24) is 0 Å². The summed E-state index contributed by atoms with van der Waals surface area (Å²) in [7, 11) is 0. The monoisotopic (exact) mass is 983 g/mol. The van der Waals surface area contributed by atoms with E-state index in [0.717, 1.165) is 154 Å². The van der Waals surface area contributed by atoms with Crippen LogP contribution >= 0.6 is 0 Å². The van der Waals surface area contributed by atoms with E-state index in [-0.39, 0.29) is 31.1 Å². The van der Waals surface area contributed by atoms with Crippen molar-refractivity contribution < 1.29 is 28.6 Å². The maximum absolute atomic E-state index is 12.9. The minimum Gasteiger partial charge on any atom is -0.462 e. The summed E-state index contributed by atoms with van der Waals surface area (Å²) in [5, 5.41) is 0. The van der Waals surface area contributed by atoms with E-state index >= 15 is 0 Å². The summed E-state index contributed by atoms with van der Waals surface area (Å²) in [5.74, 6) is -0.941. The first-order valence-electron chi connectivity index (χ1n) is 29.0. The molecule has 0 radical (unpaired) electrons. The van der Waals surface area contributed by atoms with E-state index in [2.05, 4.69) is 142 Å². The lowest BCUT2D eigenvalue weighted by Crippen LogP contribution is -2.30. The van der Waals surface area contributed by atoms with Crippen LogP contribution in [0.25, 0.3) is 0 Å². The van der Waals surface area contributed by atoms with Gasteiger partial charge in [-0.1, -0.05) is 232 Å². The molecule has 0 bridgehead atoms. The Morgan fingerprint density at radius 1 is 0.296 bits per heavy atom. The highest BCUT2D eigenvalue weighted by Crippen LogP contribution is 2.14. The molecule has 1 atom stereocenters. The van der Waals surface area contributed by atoms with E-state index in [0.29, 0.717) is 19.3 Å². The Kier molecular flexibility index (Phi) is 54.9. The van der Waals surface area contributed by atoms with Gasteiger partial charge in [-0.2, -0.15) is 0 Å². The molecule has 0 aliphatic carbocycles. The molecule has 0 heterocycles. The molecule has 0 saturated heterocycles. The molecule has 0 spiro atoms. The molecule has 0 rings (SSSR count). The van der Waals surface area contributed by atoms with Gasteiger partial charge in [-0.05, 0) is 122 Å². The topological polar surface area (TPSA) is 78.9 Å². The van der Waals surface area contributed by atoms with Crippen LogP contribution in [0.2, 0.25) is 0 Å². The molecule has 0 aliphatic rings. The lowest BCUT2D eigenvalue weighted by molar-refractivity contribution is -0.167. The fraction of sp³-hybridized carbons (Fsp3) is 0.646. The summed E-state index contributed by atoms with van der Waals surface area (Å²) >= 11 is 0. The standard InChI is InChI=1S/C65H106O6/c1-4-7-10-13-16-19-22-25-27-29-30-31-32-33-34-36-37-40-43-46-49-52-55-58-64(67)70-61-62(60-69-63(66)57-54-51-48-45-42-39-24-21-18-15-12-9-6-3)71-65(68)59-56-53-50-47-44-41-38-35-28-26-23-20-17-14-11-8-5-2/h7-8,10-12,15-17,19-21,24-28,30-31,38,41,62H,4-6,9,13-14,18,22-23,29,32-37,39-40,42-61H2,1-3H3/b10-7-,11-8-,15-12-,19-16-,20-17-,24-21-,27-25-,28-26-,31-30-,41-38-. The number of hydrogen-bond donors (Lipinski definition) is 0. The second-order valence-corrected chi connectivity index (χ2v) is 18.8. The first-order chi connectivity index (χ1) is 35.0. The predicted molar refractivity (Wildman–Crippen MR) is 306 cm³/mol. The fourth-order valence-corrected chi connectivity index (χ4v) is 7.64. The Balaban J connectivity index is 4.40. The number of hydrogen-bond acceptors (Lipinski definition) is 6. The molecule has 0 fully saturated rings. The van der Waals surface area contributed by atoms with Crippen molar-refractivity contribution in [3.63, 3.8) is 0 Å². The van der Waals surface area contributed by atoms with Gasteiger partial charge in [0.15, 0.2) is 6.10 Å². The zero-order chi connectivity index (χ0) is 51.4.